The topological polar surface area (TPSA) is 69.0 Å². The van der Waals surface area contributed by atoms with Crippen molar-refractivity contribution < 1.29 is 26.8 Å². The minimum atomic E-state index is -3.50. The lowest BCUT2D eigenvalue weighted by molar-refractivity contribution is -0.225. The van der Waals surface area contributed by atoms with Crippen molar-refractivity contribution in [3.63, 3.8) is 0 Å². The highest BCUT2D eigenvalue weighted by molar-refractivity contribution is 7.66. The SMILES string of the molecule is COCP1(=O)[O+]([Si](C)(C)C)C(=O)C1(O)[O+]([Si](C)(C)C)[Si](C)(C)C.C[Si-](C)C.C[Si-](C)C. The van der Waals surface area contributed by atoms with Gasteiger partial charge in [-0.2, -0.15) is 39.3 Å². The Kier molecular flexibility index (Phi) is 13.0. The predicted octanol–water partition coefficient (Wildman–Crippen LogP) is 6.41. The van der Waals surface area contributed by atoms with Gasteiger partial charge in [-0.25, -0.2) is 4.57 Å². The third-order valence-electron chi connectivity index (χ3n) is 3.59. The molecule has 1 saturated heterocycles. The summed E-state index contributed by atoms with van der Waals surface area (Å²) in [7, 11) is -8.46. The summed E-state index contributed by atoms with van der Waals surface area (Å²) in [6.45, 7) is 31.6. The fourth-order valence-corrected chi connectivity index (χ4v) is 21.8. The maximum absolute atomic E-state index is 13.8. The molecule has 0 aliphatic carbocycles. The van der Waals surface area contributed by atoms with Crippen LogP contribution in [0, 0.1) is 0 Å². The summed E-state index contributed by atoms with van der Waals surface area (Å²) < 4.78 is 24.4. The maximum atomic E-state index is 13.8. The Morgan fingerprint density at radius 1 is 0.903 bits per heavy atom. The third-order valence-corrected chi connectivity index (χ3v) is 17.2. The van der Waals surface area contributed by atoms with Crippen LogP contribution in [0.15, 0.2) is 0 Å². The first-order valence-electron chi connectivity index (χ1n) is 10.8. The van der Waals surface area contributed by atoms with E-state index in [4.69, 9.17) is 4.74 Å². The molecule has 0 bridgehead atoms. The van der Waals surface area contributed by atoms with Gasteiger partial charge in [0, 0.05) is 46.4 Å². The van der Waals surface area contributed by atoms with Crippen molar-refractivity contribution in [3.05, 3.63) is 0 Å². The van der Waals surface area contributed by atoms with E-state index in [2.05, 4.69) is 46.9 Å². The fraction of sp³-hybridized carbons (Fsp3) is 0.947. The molecule has 188 valence electrons. The van der Waals surface area contributed by atoms with Gasteiger partial charge in [-0.05, 0) is 19.6 Å². The van der Waals surface area contributed by atoms with Crippen LogP contribution in [0.1, 0.15) is 0 Å². The van der Waals surface area contributed by atoms with E-state index < -0.39 is 43.8 Å². The molecule has 1 fully saturated rings. The van der Waals surface area contributed by atoms with Crippen LogP contribution in [0.25, 0.3) is 0 Å². The highest BCUT2D eigenvalue weighted by Crippen LogP contribution is 2.77. The van der Waals surface area contributed by atoms with Crippen LogP contribution in [0.3, 0.4) is 0 Å². The lowest BCUT2D eigenvalue weighted by Crippen LogP contribution is -2.75. The number of carbonyl (C=O) groups excluding carboxylic acids is 1. The van der Waals surface area contributed by atoms with E-state index in [0.717, 1.165) is 0 Å². The molecule has 6 nitrogen and oxygen atoms in total. The first kappa shape index (κ1) is 33.8. The molecular formula is C19H51O6PSi5. The monoisotopic (exact) mass is 546 g/mol. The van der Waals surface area contributed by atoms with Gasteiger partial charge in [0.05, 0.1) is 4.79 Å². The highest BCUT2D eigenvalue weighted by Gasteiger charge is 2.89. The summed E-state index contributed by atoms with van der Waals surface area (Å²) in [6.07, 6.45) is -0.150. The summed E-state index contributed by atoms with van der Waals surface area (Å²) >= 11 is 0. The molecule has 0 aromatic rings. The van der Waals surface area contributed by atoms with Crippen LogP contribution < -0.4 is 0 Å². The quantitative estimate of drug-likeness (QED) is 0.181. The van der Waals surface area contributed by atoms with Crippen LogP contribution in [0.2, 0.25) is 98.2 Å². The molecule has 1 rings (SSSR count). The van der Waals surface area contributed by atoms with Crippen molar-refractivity contribution in [2.75, 3.05) is 13.5 Å². The fourth-order valence-electron chi connectivity index (χ4n) is 3.51. The van der Waals surface area contributed by atoms with Crippen molar-refractivity contribution in [3.8, 4) is 0 Å². The van der Waals surface area contributed by atoms with Crippen LogP contribution in [0.5, 0.6) is 0 Å². The van der Waals surface area contributed by atoms with Crippen LogP contribution >= 0.6 is 7.37 Å². The summed E-state index contributed by atoms with van der Waals surface area (Å²) in [4.78, 5) is 13.0. The zero-order valence-corrected chi connectivity index (χ0v) is 29.0. The molecule has 1 heterocycles. The average molecular weight is 547 g/mol. The van der Waals surface area contributed by atoms with Gasteiger partial charge in [-0.15, -0.1) is 0 Å². The third kappa shape index (κ3) is 8.75. The van der Waals surface area contributed by atoms with Gasteiger partial charge in [0.15, 0.2) is 6.35 Å². The summed E-state index contributed by atoms with van der Waals surface area (Å²) in [5, 5.41) is 11.4. The molecular weight excluding hydrogens is 496 g/mol. The van der Waals surface area contributed by atoms with Gasteiger partial charge in [0.2, 0.25) is 0 Å². The number of aliphatic hydroxyl groups is 1. The first-order valence-corrected chi connectivity index (χ1v) is 28.8. The minimum Gasteiger partial charge on any atom is -0.569 e. The summed E-state index contributed by atoms with van der Waals surface area (Å²) in [5.41, 5.74) is -2.01. The molecule has 0 aromatic heterocycles. The van der Waals surface area contributed by atoms with Gasteiger partial charge in [0.25, 0.3) is 0 Å². The van der Waals surface area contributed by atoms with Gasteiger partial charge in [0.1, 0.15) is 0 Å². The van der Waals surface area contributed by atoms with Crippen LogP contribution in [-0.2, 0) is 21.7 Å². The molecule has 0 aromatic carbocycles. The second-order valence-electron chi connectivity index (χ2n) is 11.9. The van der Waals surface area contributed by atoms with Gasteiger partial charge in [-0.3, -0.25) is 17.6 Å². The van der Waals surface area contributed by atoms with Crippen molar-refractivity contribution in [1.82, 2.24) is 0 Å². The van der Waals surface area contributed by atoms with Crippen molar-refractivity contribution in [2.24, 2.45) is 0 Å². The smallest absolute Gasteiger partial charge is 0.569 e. The molecule has 1 aliphatic rings. The number of methoxy groups -OCH3 is 1. The van der Waals surface area contributed by atoms with E-state index in [-0.39, 0.29) is 23.9 Å². The standard InChI is InChI=1S/C13H33O6PSi3.2C3H9Si/c1-17-11-20(16)13(15,12(14)18(20)21(2,3)4)19(22(5,6)7)23(8,9)10;2*1-4(2)3/h15H,11H2,1-10H3;2*1-3H3/q+2;2*-1. The van der Waals surface area contributed by atoms with E-state index in [0.29, 0.717) is 0 Å². The predicted molar refractivity (Wildman–Crippen MR) is 148 cm³/mol. The van der Waals surface area contributed by atoms with Crippen molar-refractivity contribution in [2.45, 2.75) is 104 Å². The van der Waals surface area contributed by atoms with Gasteiger partial charge < -0.3 is 17.4 Å². The summed E-state index contributed by atoms with van der Waals surface area (Å²) in [5.74, 6) is -0.507. The molecule has 31 heavy (non-hydrogen) atoms. The van der Waals surface area contributed by atoms with E-state index in [9.17, 15) is 14.5 Å². The molecule has 2 atom stereocenters. The molecule has 1 aliphatic heterocycles. The Morgan fingerprint density at radius 2 is 1.19 bits per heavy atom. The second-order valence-corrected chi connectivity index (χ2v) is 35.1. The normalized spacial score (nSPS) is 24.5. The number of hydrogen-bond acceptors (Lipinski definition) is 4. The Balaban J connectivity index is 0. The largest absolute Gasteiger partial charge is 0.627 e. The Labute approximate surface area is 199 Å². The molecule has 12 heteroatoms. The van der Waals surface area contributed by atoms with E-state index in [1.165, 1.54) is 7.11 Å². The average Bonchev–Trinajstić information content (AvgIpc) is 2.41. The molecule has 0 amide bonds. The zero-order chi connectivity index (χ0) is 25.8. The van der Waals surface area contributed by atoms with E-state index >= 15 is 0 Å². The Morgan fingerprint density at radius 3 is 1.39 bits per heavy atom. The maximum Gasteiger partial charge on any atom is 0.627 e. The van der Waals surface area contributed by atoms with Gasteiger partial charge in [-0.1, -0.05) is 0 Å². The van der Waals surface area contributed by atoms with Gasteiger partial charge >= 0.3 is 43.8 Å². The van der Waals surface area contributed by atoms with Crippen molar-refractivity contribution >= 4 is 55.9 Å². The zero-order valence-electron chi connectivity index (χ0n) is 23.1. The number of rotatable bonds is 6. The number of carbonyl (C=O) groups is 1. The molecule has 0 spiro atoms. The molecule has 2 unspecified atom stereocenters. The lowest BCUT2D eigenvalue weighted by atomic mass is 10.6. The number of ether oxygens (including phenoxy) is 1. The molecule has 1 N–H and O–H groups in total. The summed E-state index contributed by atoms with van der Waals surface area (Å²) in [6, 6.07) is 0. The lowest BCUT2D eigenvalue weighted by Gasteiger charge is -2.59. The van der Waals surface area contributed by atoms with Crippen LogP contribution in [-0.4, -0.2) is 72.6 Å². The highest BCUT2D eigenvalue weighted by atomic mass is 31.2. The van der Waals surface area contributed by atoms with E-state index in [1.807, 2.05) is 58.9 Å². The Hall–Kier alpha value is 0.664. The van der Waals surface area contributed by atoms with Crippen LogP contribution in [0.4, 0.5) is 0 Å². The van der Waals surface area contributed by atoms with E-state index in [1.54, 1.807) is 0 Å². The molecule has 0 radical (unpaired) electrons. The minimum absolute atomic E-state index is 0.120. The second kappa shape index (κ2) is 11.9. The first-order chi connectivity index (χ1) is 13.4. The molecule has 0 saturated carbocycles. The number of hydrogen-bond donors (Lipinski definition) is 1. The van der Waals surface area contributed by atoms with Crippen molar-refractivity contribution in [1.29, 1.82) is 0 Å². The Bertz CT molecular complexity index is 599.